The van der Waals surface area contributed by atoms with E-state index in [0.717, 1.165) is 16.5 Å². The lowest BCUT2D eigenvalue weighted by molar-refractivity contribution is -0.385. The van der Waals surface area contributed by atoms with Gasteiger partial charge < -0.3 is 15.0 Å². The molecule has 3 aromatic rings. The third kappa shape index (κ3) is 4.30. The summed E-state index contributed by atoms with van der Waals surface area (Å²) in [5, 5.41) is 14.3. The number of nitro groups is 1. The number of hydrogen-bond donors (Lipinski definition) is 2. The highest BCUT2D eigenvalue weighted by Crippen LogP contribution is 2.22. The number of hydrogen-bond acceptors (Lipinski definition) is 5. The molecule has 0 unspecified atom stereocenters. The van der Waals surface area contributed by atoms with Gasteiger partial charge in [-0.3, -0.25) is 19.7 Å². The number of rotatable bonds is 6. The van der Waals surface area contributed by atoms with E-state index < -0.39 is 23.4 Å². The molecule has 1 heterocycles. The molecule has 2 N–H and O–H groups in total. The van der Waals surface area contributed by atoms with Crippen LogP contribution in [-0.2, 0) is 20.7 Å². The predicted octanol–water partition coefficient (Wildman–Crippen LogP) is 3.11. The normalized spacial score (nSPS) is 10.6. The lowest BCUT2D eigenvalue weighted by Crippen LogP contribution is -2.21. The zero-order chi connectivity index (χ0) is 19.4. The Bertz CT molecular complexity index is 1030. The number of carbonyl (C=O) groups excluding carboxylic acids is 2. The molecule has 0 aliphatic carbocycles. The number of aryl methyl sites for hydroxylation is 1. The largest absolute Gasteiger partial charge is 0.455 e. The summed E-state index contributed by atoms with van der Waals surface area (Å²) < 4.78 is 5.00. The first-order valence-corrected chi connectivity index (χ1v) is 8.19. The Balaban J connectivity index is 1.55. The van der Waals surface area contributed by atoms with Gasteiger partial charge in [0, 0.05) is 34.4 Å². The fraction of sp³-hybridized carbons (Fsp3) is 0.158. The van der Waals surface area contributed by atoms with Crippen LogP contribution in [0.3, 0.4) is 0 Å². The van der Waals surface area contributed by atoms with Crippen LogP contribution in [0.1, 0.15) is 11.1 Å². The van der Waals surface area contributed by atoms with Crippen LogP contribution in [0, 0.1) is 17.0 Å². The maximum atomic E-state index is 12.0. The molecule has 8 nitrogen and oxygen atoms in total. The molecule has 8 heteroatoms. The molecule has 0 aliphatic rings. The highest BCUT2D eigenvalue weighted by atomic mass is 16.6. The van der Waals surface area contributed by atoms with Crippen molar-refractivity contribution in [3.05, 3.63) is 69.9 Å². The Morgan fingerprint density at radius 2 is 2.00 bits per heavy atom. The predicted molar refractivity (Wildman–Crippen MR) is 99.4 cm³/mol. The fourth-order valence-corrected chi connectivity index (χ4v) is 2.71. The molecule has 2 aromatic carbocycles. The van der Waals surface area contributed by atoms with Crippen LogP contribution in [0.25, 0.3) is 10.9 Å². The zero-order valence-corrected chi connectivity index (χ0v) is 14.5. The van der Waals surface area contributed by atoms with Crippen LogP contribution in [0.5, 0.6) is 0 Å². The minimum absolute atomic E-state index is 0.0350. The number of ether oxygens (including phenoxy) is 1. The third-order valence-corrected chi connectivity index (χ3v) is 4.06. The summed E-state index contributed by atoms with van der Waals surface area (Å²) in [6.45, 7) is 1.14. The molecule has 0 radical (unpaired) electrons. The van der Waals surface area contributed by atoms with E-state index in [1.165, 1.54) is 12.1 Å². The highest BCUT2D eigenvalue weighted by Gasteiger charge is 2.14. The van der Waals surface area contributed by atoms with Gasteiger partial charge in [-0.15, -0.1) is 0 Å². The number of aromatic amines is 1. The first-order chi connectivity index (χ1) is 12.9. The van der Waals surface area contributed by atoms with E-state index in [0.29, 0.717) is 5.56 Å². The van der Waals surface area contributed by atoms with E-state index in [1.54, 1.807) is 19.2 Å². The number of para-hydroxylation sites is 1. The van der Waals surface area contributed by atoms with Crippen molar-refractivity contribution < 1.29 is 19.2 Å². The molecule has 1 aromatic heterocycles. The summed E-state index contributed by atoms with van der Waals surface area (Å²) in [4.78, 5) is 37.4. The molecule has 0 saturated heterocycles. The van der Waals surface area contributed by atoms with E-state index >= 15 is 0 Å². The van der Waals surface area contributed by atoms with Gasteiger partial charge in [-0.25, -0.2) is 0 Å². The Hall–Kier alpha value is -3.68. The summed E-state index contributed by atoms with van der Waals surface area (Å²) in [5.74, 6) is -1.11. The van der Waals surface area contributed by atoms with Crippen molar-refractivity contribution in [1.29, 1.82) is 0 Å². The minimum atomic E-state index is -0.569. The van der Waals surface area contributed by atoms with Gasteiger partial charge in [0.15, 0.2) is 6.61 Å². The average molecular weight is 367 g/mol. The van der Waals surface area contributed by atoms with Gasteiger partial charge in [-0.05, 0) is 24.6 Å². The molecule has 0 aliphatic heterocycles. The van der Waals surface area contributed by atoms with Crippen molar-refractivity contribution in [3.8, 4) is 0 Å². The lowest BCUT2D eigenvalue weighted by atomic mass is 10.1. The van der Waals surface area contributed by atoms with Gasteiger partial charge in [-0.2, -0.15) is 0 Å². The monoisotopic (exact) mass is 367 g/mol. The second-order valence-electron chi connectivity index (χ2n) is 6.00. The maximum Gasteiger partial charge on any atom is 0.310 e. The number of amides is 1. The molecule has 0 saturated carbocycles. The number of aromatic nitrogens is 1. The van der Waals surface area contributed by atoms with E-state index in [2.05, 4.69) is 10.3 Å². The Morgan fingerprint density at radius 1 is 1.22 bits per heavy atom. The van der Waals surface area contributed by atoms with Crippen LogP contribution < -0.4 is 5.32 Å². The quantitative estimate of drug-likeness (QED) is 0.395. The summed E-state index contributed by atoms with van der Waals surface area (Å²) >= 11 is 0. The number of anilines is 1. The number of carbonyl (C=O) groups is 2. The molecule has 27 heavy (non-hydrogen) atoms. The molecule has 3 rings (SSSR count). The molecule has 0 spiro atoms. The van der Waals surface area contributed by atoms with Gasteiger partial charge in [0.05, 0.1) is 11.3 Å². The number of benzene rings is 2. The van der Waals surface area contributed by atoms with Crippen molar-refractivity contribution in [2.45, 2.75) is 13.3 Å². The third-order valence-electron chi connectivity index (χ3n) is 4.06. The van der Waals surface area contributed by atoms with Crippen LogP contribution in [-0.4, -0.2) is 28.4 Å². The molecule has 1 amide bonds. The summed E-state index contributed by atoms with van der Waals surface area (Å²) in [6.07, 6.45) is 1.77. The van der Waals surface area contributed by atoms with E-state index in [1.807, 2.05) is 24.3 Å². The van der Waals surface area contributed by atoms with E-state index in [9.17, 15) is 19.7 Å². The summed E-state index contributed by atoms with van der Waals surface area (Å²) in [6, 6.07) is 11.9. The van der Waals surface area contributed by atoms with Gasteiger partial charge in [0.25, 0.3) is 11.6 Å². The minimum Gasteiger partial charge on any atom is -0.455 e. The summed E-state index contributed by atoms with van der Waals surface area (Å²) in [5.41, 5.74) is 2.36. The van der Waals surface area contributed by atoms with Crippen molar-refractivity contribution >= 4 is 34.2 Å². The Kier molecular flexibility index (Phi) is 5.16. The number of nitrogens with one attached hydrogen (secondary N) is 2. The number of nitro benzene ring substituents is 1. The zero-order valence-electron chi connectivity index (χ0n) is 14.5. The van der Waals surface area contributed by atoms with Crippen molar-refractivity contribution in [3.63, 3.8) is 0 Å². The van der Waals surface area contributed by atoms with Gasteiger partial charge >= 0.3 is 5.97 Å². The van der Waals surface area contributed by atoms with Gasteiger partial charge in [0.1, 0.15) is 0 Å². The number of esters is 1. The van der Waals surface area contributed by atoms with Crippen molar-refractivity contribution in [1.82, 2.24) is 4.98 Å². The van der Waals surface area contributed by atoms with Crippen LogP contribution >= 0.6 is 0 Å². The van der Waals surface area contributed by atoms with E-state index in [4.69, 9.17) is 4.74 Å². The lowest BCUT2D eigenvalue weighted by Gasteiger charge is -2.07. The Morgan fingerprint density at radius 3 is 2.78 bits per heavy atom. The second kappa shape index (κ2) is 7.69. The fourth-order valence-electron chi connectivity index (χ4n) is 2.71. The van der Waals surface area contributed by atoms with Crippen LogP contribution in [0.2, 0.25) is 0 Å². The number of H-pyrrole nitrogens is 1. The molecular formula is C19H17N3O5. The van der Waals surface area contributed by atoms with E-state index in [-0.39, 0.29) is 17.8 Å². The van der Waals surface area contributed by atoms with Crippen molar-refractivity contribution in [2.24, 2.45) is 0 Å². The number of fused-ring (bicyclic) bond motifs is 1. The molecule has 0 atom stereocenters. The van der Waals surface area contributed by atoms with Crippen LogP contribution in [0.15, 0.2) is 48.7 Å². The standard InChI is InChI=1S/C19H17N3O5/c1-12-6-7-14(9-17(12)22(25)26)21-18(23)11-27-19(24)8-13-10-20-16-5-3-2-4-15(13)16/h2-7,9-10,20H,8,11H2,1H3,(H,21,23). The first-order valence-electron chi connectivity index (χ1n) is 8.19. The first kappa shape index (κ1) is 18.1. The smallest absolute Gasteiger partial charge is 0.310 e. The molecule has 138 valence electrons. The van der Waals surface area contributed by atoms with Crippen molar-refractivity contribution in [2.75, 3.05) is 11.9 Å². The Labute approximate surface area is 154 Å². The molecular weight excluding hydrogens is 350 g/mol. The number of nitrogens with zero attached hydrogens (tertiary/aromatic N) is 1. The maximum absolute atomic E-state index is 12.0. The molecule has 0 bridgehead atoms. The second-order valence-corrected chi connectivity index (χ2v) is 6.00. The topological polar surface area (TPSA) is 114 Å². The average Bonchev–Trinajstić information content (AvgIpc) is 3.04. The molecule has 0 fully saturated rings. The van der Waals surface area contributed by atoms with Gasteiger partial charge in [-0.1, -0.05) is 24.3 Å². The van der Waals surface area contributed by atoms with Gasteiger partial charge in [0.2, 0.25) is 0 Å². The highest BCUT2D eigenvalue weighted by molar-refractivity contribution is 5.93. The van der Waals surface area contributed by atoms with Crippen LogP contribution in [0.4, 0.5) is 11.4 Å². The SMILES string of the molecule is Cc1ccc(NC(=O)COC(=O)Cc2c[nH]c3ccccc23)cc1[N+](=O)[O-]. The summed E-state index contributed by atoms with van der Waals surface area (Å²) in [7, 11) is 0.